The lowest BCUT2D eigenvalue weighted by Gasteiger charge is -2.08. The standard InChI is InChI=1S/C17H18BrClN2O5/c1-3-24-17(23)15-10(2)21-26-16(15)20-14(22)5-4-8-25-13-7-6-11(18)9-12(13)19/h6-7,9H,3-5,8H2,1-2H3,(H,20,22). The van der Waals surface area contributed by atoms with E-state index in [1.807, 2.05) is 6.07 Å². The molecule has 2 rings (SSSR count). The summed E-state index contributed by atoms with van der Waals surface area (Å²) in [7, 11) is 0. The Morgan fingerprint density at radius 2 is 2.15 bits per heavy atom. The number of esters is 1. The Balaban J connectivity index is 1.83. The number of rotatable bonds is 8. The van der Waals surface area contributed by atoms with Crippen molar-refractivity contribution in [3.8, 4) is 5.75 Å². The van der Waals surface area contributed by atoms with Crippen LogP contribution in [-0.4, -0.2) is 30.2 Å². The fourth-order valence-corrected chi connectivity index (χ4v) is 2.82. The van der Waals surface area contributed by atoms with Gasteiger partial charge in [-0.15, -0.1) is 0 Å². The van der Waals surface area contributed by atoms with Crippen LogP contribution in [-0.2, 0) is 9.53 Å². The Kier molecular flexibility index (Phi) is 7.47. The minimum absolute atomic E-state index is 0.0113. The van der Waals surface area contributed by atoms with Gasteiger partial charge in [0.05, 0.1) is 23.9 Å². The molecule has 26 heavy (non-hydrogen) atoms. The number of amides is 1. The average Bonchev–Trinajstić information content (AvgIpc) is 2.94. The summed E-state index contributed by atoms with van der Waals surface area (Å²) in [5.41, 5.74) is 0.477. The van der Waals surface area contributed by atoms with E-state index in [0.29, 0.717) is 29.5 Å². The third-order valence-electron chi connectivity index (χ3n) is 3.29. The first-order valence-corrected chi connectivity index (χ1v) is 9.10. The zero-order valence-electron chi connectivity index (χ0n) is 14.3. The van der Waals surface area contributed by atoms with Crippen LogP contribution in [0.2, 0.25) is 5.02 Å². The first-order chi connectivity index (χ1) is 12.4. The topological polar surface area (TPSA) is 90.7 Å². The highest BCUT2D eigenvalue weighted by Gasteiger charge is 2.23. The quantitative estimate of drug-likeness (QED) is 0.479. The molecule has 2 aromatic rings. The fraction of sp³-hybridized carbons (Fsp3) is 0.353. The molecular formula is C17H18BrClN2O5. The number of ether oxygens (including phenoxy) is 2. The molecule has 7 nitrogen and oxygen atoms in total. The van der Waals surface area contributed by atoms with Crippen LogP contribution in [0.4, 0.5) is 5.88 Å². The van der Waals surface area contributed by atoms with Gasteiger partial charge in [0, 0.05) is 10.9 Å². The van der Waals surface area contributed by atoms with Gasteiger partial charge in [-0.05, 0) is 38.5 Å². The largest absolute Gasteiger partial charge is 0.492 e. The molecule has 0 bridgehead atoms. The maximum atomic E-state index is 12.0. The van der Waals surface area contributed by atoms with Gasteiger partial charge in [-0.1, -0.05) is 32.7 Å². The van der Waals surface area contributed by atoms with E-state index in [9.17, 15) is 9.59 Å². The van der Waals surface area contributed by atoms with Crippen molar-refractivity contribution >= 4 is 45.3 Å². The number of carbonyl (C=O) groups excluding carboxylic acids is 2. The molecule has 0 radical (unpaired) electrons. The third kappa shape index (κ3) is 5.47. The van der Waals surface area contributed by atoms with Crippen molar-refractivity contribution in [1.82, 2.24) is 5.16 Å². The average molecular weight is 446 g/mol. The van der Waals surface area contributed by atoms with Crippen molar-refractivity contribution in [2.45, 2.75) is 26.7 Å². The number of nitrogens with one attached hydrogen (secondary N) is 1. The maximum absolute atomic E-state index is 12.0. The van der Waals surface area contributed by atoms with E-state index in [2.05, 4.69) is 26.4 Å². The first-order valence-electron chi connectivity index (χ1n) is 7.93. The third-order valence-corrected chi connectivity index (χ3v) is 4.08. The number of aryl methyl sites for hydroxylation is 1. The summed E-state index contributed by atoms with van der Waals surface area (Å²) in [6, 6.07) is 5.29. The Hall–Kier alpha value is -2.06. The number of hydrogen-bond acceptors (Lipinski definition) is 6. The summed E-state index contributed by atoms with van der Waals surface area (Å²) >= 11 is 9.37. The molecule has 0 aliphatic heterocycles. The predicted molar refractivity (Wildman–Crippen MR) is 99.7 cm³/mol. The van der Waals surface area contributed by atoms with Crippen LogP contribution in [0.25, 0.3) is 0 Å². The van der Waals surface area contributed by atoms with Crippen molar-refractivity contribution in [3.63, 3.8) is 0 Å². The number of halogens is 2. The van der Waals surface area contributed by atoms with E-state index < -0.39 is 5.97 Å². The van der Waals surface area contributed by atoms with E-state index in [0.717, 1.165) is 4.47 Å². The monoisotopic (exact) mass is 444 g/mol. The van der Waals surface area contributed by atoms with E-state index >= 15 is 0 Å². The Labute approximate surface area is 164 Å². The van der Waals surface area contributed by atoms with Gasteiger partial charge in [0.15, 0.2) is 0 Å². The van der Waals surface area contributed by atoms with Gasteiger partial charge in [-0.3, -0.25) is 10.1 Å². The molecule has 0 aliphatic carbocycles. The molecule has 1 N–H and O–H groups in total. The molecule has 1 amide bonds. The maximum Gasteiger partial charge on any atom is 0.345 e. The van der Waals surface area contributed by atoms with Gasteiger partial charge in [-0.2, -0.15) is 0 Å². The normalized spacial score (nSPS) is 10.5. The molecule has 0 spiro atoms. The van der Waals surface area contributed by atoms with Gasteiger partial charge in [0.1, 0.15) is 11.3 Å². The zero-order chi connectivity index (χ0) is 19.1. The molecule has 1 aromatic heterocycles. The molecule has 140 valence electrons. The highest BCUT2D eigenvalue weighted by atomic mass is 79.9. The summed E-state index contributed by atoms with van der Waals surface area (Å²) in [5, 5.41) is 6.71. The second kappa shape index (κ2) is 9.59. The number of benzene rings is 1. The molecule has 0 unspecified atom stereocenters. The van der Waals surface area contributed by atoms with E-state index in [-0.39, 0.29) is 30.4 Å². The van der Waals surface area contributed by atoms with Gasteiger partial charge < -0.3 is 14.0 Å². The second-order valence-electron chi connectivity index (χ2n) is 5.27. The number of carbonyl (C=O) groups is 2. The van der Waals surface area contributed by atoms with Crippen molar-refractivity contribution < 1.29 is 23.6 Å². The lowest BCUT2D eigenvalue weighted by Crippen LogP contribution is -2.15. The molecule has 0 atom stereocenters. The lowest BCUT2D eigenvalue weighted by atomic mass is 10.2. The van der Waals surface area contributed by atoms with Crippen LogP contribution in [0.3, 0.4) is 0 Å². The van der Waals surface area contributed by atoms with Gasteiger partial charge in [-0.25, -0.2) is 4.79 Å². The van der Waals surface area contributed by atoms with Crippen LogP contribution in [0.15, 0.2) is 27.2 Å². The molecule has 1 aromatic carbocycles. The van der Waals surface area contributed by atoms with Crippen LogP contribution in [0.1, 0.15) is 35.8 Å². The summed E-state index contributed by atoms with van der Waals surface area (Å²) < 4.78 is 16.3. The van der Waals surface area contributed by atoms with Gasteiger partial charge >= 0.3 is 5.97 Å². The minimum atomic E-state index is -0.588. The van der Waals surface area contributed by atoms with Crippen molar-refractivity contribution in [2.75, 3.05) is 18.5 Å². The second-order valence-corrected chi connectivity index (χ2v) is 6.59. The minimum Gasteiger partial charge on any atom is -0.492 e. The van der Waals surface area contributed by atoms with Crippen LogP contribution in [0, 0.1) is 6.92 Å². The Morgan fingerprint density at radius 1 is 1.38 bits per heavy atom. The molecule has 1 heterocycles. The summed E-state index contributed by atoms with van der Waals surface area (Å²) in [6.07, 6.45) is 0.635. The smallest absolute Gasteiger partial charge is 0.345 e. The van der Waals surface area contributed by atoms with Crippen LogP contribution < -0.4 is 10.1 Å². The number of aromatic nitrogens is 1. The van der Waals surface area contributed by atoms with Crippen LogP contribution >= 0.6 is 27.5 Å². The zero-order valence-corrected chi connectivity index (χ0v) is 16.6. The summed E-state index contributed by atoms with van der Waals surface area (Å²) in [6.45, 7) is 3.82. The van der Waals surface area contributed by atoms with Crippen molar-refractivity contribution in [1.29, 1.82) is 0 Å². The van der Waals surface area contributed by atoms with E-state index in [1.54, 1.807) is 26.0 Å². The molecule has 0 aliphatic rings. The lowest BCUT2D eigenvalue weighted by molar-refractivity contribution is -0.116. The highest BCUT2D eigenvalue weighted by molar-refractivity contribution is 9.10. The fourth-order valence-electron chi connectivity index (χ4n) is 2.09. The molecule has 9 heteroatoms. The molecule has 0 fully saturated rings. The SMILES string of the molecule is CCOC(=O)c1c(C)noc1NC(=O)CCCOc1ccc(Br)cc1Cl. The summed E-state index contributed by atoms with van der Waals surface area (Å²) in [5.74, 6) is -0.375. The molecule has 0 saturated carbocycles. The number of nitrogens with zero attached hydrogens (tertiary/aromatic N) is 1. The Morgan fingerprint density at radius 3 is 2.85 bits per heavy atom. The van der Waals surface area contributed by atoms with Crippen molar-refractivity contribution in [3.05, 3.63) is 39.0 Å². The van der Waals surface area contributed by atoms with Gasteiger partial charge in [0.25, 0.3) is 0 Å². The predicted octanol–water partition coefficient (Wildman–Crippen LogP) is 4.37. The summed E-state index contributed by atoms with van der Waals surface area (Å²) in [4.78, 5) is 23.9. The number of hydrogen-bond donors (Lipinski definition) is 1. The van der Waals surface area contributed by atoms with Crippen LogP contribution in [0.5, 0.6) is 5.75 Å². The number of anilines is 1. The van der Waals surface area contributed by atoms with Crippen molar-refractivity contribution in [2.24, 2.45) is 0 Å². The molecular weight excluding hydrogens is 428 g/mol. The van der Waals surface area contributed by atoms with E-state index in [1.165, 1.54) is 0 Å². The Bertz CT molecular complexity index is 793. The van der Waals surface area contributed by atoms with Gasteiger partial charge in [0.2, 0.25) is 11.8 Å². The first kappa shape index (κ1) is 20.3. The van der Waals surface area contributed by atoms with E-state index in [4.69, 9.17) is 25.6 Å². The molecule has 0 saturated heterocycles. The highest BCUT2D eigenvalue weighted by Crippen LogP contribution is 2.28.